The number of nitrogens with zero attached hydrogens (tertiary/aromatic N) is 2. The Morgan fingerprint density at radius 2 is 2.24 bits per heavy atom. The van der Waals surface area contributed by atoms with Crippen molar-refractivity contribution in [1.29, 1.82) is 0 Å². The lowest BCUT2D eigenvalue weighted by Gasteiger charge is -2.30. The first kappa shape index (κ1) is 15.3. The first-order valence-corrected chi connectivity index (χ1v) is 7.12. The molecule has 6 heteroatoms. The van der Waals surface area contributed by atoms with Crippen molar-refractivity contribution in [3.63, 3.8) is 0 Å². The number of likely N-dealkylation sites (tertiary alicyclic amines) is 1. The fourth-order valence-corrected chi connectivity index (χ4v) is 2.41. The zero-order chi connectivity index (χ0) is 15.4. The number of carboxylic acid groups (broad SMARTS) is 1. The number of carboxylic acids is 1. The normalized spacial score (nSPS) is 18.6. The third-order valence-electron chi connectivity index (χ3n) is 3.39. The largest absolute Gasteiger partial charge is 0.489 e. The van der Waals surface area contributed by atoms with Gasteiger partial charge in [0.1, 0.15) is 0 Å². The average Bonchev–Trinajstić information content (AvgIpc) is 2.46. The number of pyridine rings is 1. The van der Waals surface area contributed by atoms with Crippen LogP contribution >= 0.6 is 0 Å². The molecule has 1 atom stereocenters. The van der Waals surface area contributed by atoms with E-state index in [4.69, 9.17) is 9.84 Å². The highest BCUT2D eigenvalue weighted by Crippen LogP contribution is 2.23. The number of ether oxygens (including phenoxy) is 1. The van der Waals surface area contributed by atoms with Crippen LogP contribution in [0.25, 0.3) is 0 Å². The second-order valence-corrected chi connectivity index (χ2v) is 5.45. The summed E-state index contributed by atoms with van der Waals surface area (Å²) in [7, 11) is 0. The van der Waals surface area contributed by atoms with Crippen molar-refractivity contribution in [3.05, 3.63) is 24.0 Å². The minimum absolute atomic E-state index is 0.0612. The van der Waals surface area contributed by atoms with Crippen LogP contribution in [-0.2, 0) is 4.79 Å². The van der Waals surface area contributed by atoms with Crippen molar-refractivity contribution in [3.8, 4) is 5.75 Å². The summed E-state index contributed by atoms with van der Waals surface area (Å²) >= 11 is 0. The van der Waals surface area contributed by atoms with Crippen LogP contribution in [0.5, 0.6) is 5.75 Å². The van der Waals surface area contributed by atoms with Gasteiger partial charge in [-0.05, 0) is 38.8 Å². The van der Waals surface area contributed by atoms with Gasteiger partial charge < -0.3 is 14.7 Å². The molecular weight excluding hydrogens is 272 g/mol. The molecule has 6 nitrogen and oxygen atoms in total. The SMILES string of the molecule is CC(C)Oc1cccnc1C(=O)N1CCC[C@H](C(=O)O)C1. The number of hydrogen-bond acceptors (Lipinski definition) is 4. The zero-order valence-corrected chi connectivity index (χ0v) is 12.3. The molecule has 1 amide bonds. The van der Waals surface area contributed by atoms with E-state index in [9.17, 15) is 9.59 Å². The van der Waals surface area contributed by atoms with Crippen LogP contribution in [0.3, 0.4) is 0 Å². The molecule has 21 heavy (non-hydrogen) atoms. The smallest absolute Gasteiger partial charge is 0.308 e. The molecule has 1 aromatic heterocycles. The lowest BCUT2D eigenvalue weighted by atomic mass is 9.98. The molecule has 0 radical (unpaired) electrons. The number of amides is 1. The maximum Gasteiger partial charge on any atom is 0.308 e. The number of rotatable bonds is 4. The highest BCUT2D eigenvalue weighted by atomic mass is 16.5. The fraction of sp³-hybridized carbons (Fsp3) is 0.533. The Morgan fingerprint density at radius 3 is 2.90 bits per heavy atom. The van der Waals surface area contributed by atoms with E-state index in [1.807, 2.05) is 13.8 Å². The monoisotopic (exact) mass is 292 g/mol. The van der Waals surface area contributed by atoms with Crippen LogP contribution in [0.1, 0.15) is 37.2 Å². The number of aliphatic carboxylic acids is 1. The Hall–Kier alpha value is -2.11. The average molecular weight is 292 g/mol. The highest BCUT2D eigenvalue weighted by molar-refractivity contribution is 5.95. The first-order chi connectivity index (χ1) is 9.99. The quantitative estimate of drug-likeness (QED) is 0.915. The number of hydrogen-bond donors (Lipinski definition) is 1. The van der Waals surface area contributed by atoms with Crippen LogP contribution < -0.4 is 4.74 Å². The summed E-state index contributed by atoms with van der Waals surface area (Å²) in [6.07, 6.45) is 2.78. The van der Waals surface area contributed by atoms with E-state index in [-0.39, 0.29) is 24.2 Å². The van der Waals surface area contributed by atoms with Crippen LogP contribution in [0.15, 0.2) is 18.3 Å². The molecule has 1 N–H and O–H groups in total. The van der Waals surface area contributed by atoms with Gasteiger partial charge in [-0.2, -0.15) is 0 Å². The molecule has 1 saturated heterocycles. The summed E-state index contributed by atoms with van der Waals surface area (Å²) in [5, 5.41) is 9.10. The maximum atomic E-state index is 12.6. The molecule has 0 bridgehead atoms. The van der Waals surface area contributed by atoms with Gasteiger partial charge in [0.2, 0.25) is 0 Å². The minimum atomic E-state index is -0.854. The van der Waals surface area contributed by atoms with Gasteiger partial charge in [-0.1, -0.05) is 0 Å². The fourth-order valence-electron chi connectivity index (χ4n) is 2.41. The summed E-state index contributed by atoms with van der Waals surface area (Å²) in [6.45, 7) is 4.54. The van der Waals surface area contributed by atoms with Crippen LogP contribution in [0, 0.1) is 5.92 Å². The van der Waals surface area contributed by atoms with E-state index in [2.05, 4.69) is 4.98 Å². The molecule has 2 heterocycles. The Bertz CT molecular complexity index is 530. The van der Waals surface area contributed by atoms with Gasteiger partial charge in [-0.15, -0.1) is 0 Å². The van der Waals surface area contributed by atoms with E-state index < -0.39 is 11.9 Å². The van der Waals surface area contributed by atoms with Crippen molar-refractivity contribution in [1.82, 2.24) is 9.88 Å². The van der Waals surface area contributed by atoms with E-state index in [0.717, 1.165) is 0 Å². The molecule has 0 unspecified atom stereocenters. The van der Waals surface area contributed by atoms with E-state index >= 15 is 0 Å². The van der Waals surface area contributed by atoms with Crippen molar-refractivity contribution in [2.24, 2.45) is 5.92 Å². The molecule has 114 valence electrons. The van der Waals surface area contributed by atoms with Crippen molar-refractivity contribution in [2.75, 3.05) is 13.1 Å². The highest BCUT2D eigenvalue weighted by Gasteiger charge is 2.30. The number of aromatic nitrogens is 1. The van der Waals surface area contributed by atoms with Crippen LogP contribution in [-0.4, -0.2) is 46.1 Å². The lowest BCUT2D eigenvalue weighted by molar-refractivity contribution is -0.143. The molecule has 0 aromatic carbocycles. The van der Waals surface area contributed by atoms with Crippen molar-refractivity contribution >= 4 is 11.9 Å². The Morgan fingerprint density at radius 1 is 1.48 bits per heavy atom. The molecular formula is C15H20N2O4. The van der Waals surface area contributed by atoms with Gasteiger partial charge in [0, 0.05) is 19.3 Å². The molecule has 1 aliphatic heterocycles. The summed E-state index contributed by atoms with van der Waals surface area (Å²) in [5.74, 6) is -1.18. The second-order valence-electron chi connectivity index (χ2n) is 5.45. The standard InChI is InChI=1S/C15H20N2O4/c1-10(2)21-12-6-3-7-16-13(12)14(18)17-8-4-5-11(9-17)15(19)20/h3,6-7,10-11H,4-5,8-9H2,1-2H3,(H,19,20)/t11-/m0/s1. The summed E-state index contributed by atoms with van der Waals surface area (Å²) < 4.78 is 5.61. The first-order valence-electron chi connectivity index (χ1n) is 7.12. The van der Waals surface area contributed by atoms with Crippen molar-refractivity contribution in [2.45, 2.75) is 32.8 Å². The van der Waals surface area contributed by atoms with Gasteiger partial charge in [0.05, 0.1) is 12.0 Å². The number of carbonyl (C=O) groups excluding carboxylic acids is 1. The molecule has 0 spiro atoms. The molecule has 1 fully saturated rings. The summed E-state index contributed by atoms with van der Waals surface area (Å²) in [5.41, 5.74) is 0.247. The van der Waals surface area contributed by atoms with Gasteiger partial charge in [-0.3, -0.25) is 9.59 Å². The van der Waals surface area contributed by atoms with Crippen molar-refractivity contribution < 1.29 is 19.4 Å². The van der Waals surface area contributed by atoms with E-state index in [1.165, 1.54) is 0 Å². The van der Waals surface area contributed by atoms with Crippen LogP contribution in [0.4, 0.5) is 0 Å². The predicted octanol–water partition coefficient (Wildman–Crippen LogP) is 1.81. The predicted molar refractivity (Wildman–Crippen MR) is 76.3 cm³/mol. The zero-order valence-electron chi connectivity index (χ0n) is 12.3. The Labute approximate surface area is 123 Å². The topological polar surface area (TPSA) is 79.7 Å². The van der Waals surface area contributed by atoms with Crippen LogP contribution in [0.2, 0.25) is 0 Å². The number of carbonyl (C=O) groups is 2. The van der Waals surface area contributed by atoms with Gasteiger partial charge >= 0.3 is 5.97 Å². The molecule has 0 aliphatic carbocycles. The molecule has 1 aliphatic rings. The van der Waals surface area contributed by atoms with Gasteiger partial charge in [0.15, 0.2) is 11.4 Å². The second kappa shape index (κ2) is 6.56. The van der Waals surface area contributed by atoms with E-state index in [1.54, 1.807) is 23.2 Å². The lowest BCUT2D eigenvalue weighted by Crippen LogP contribution is -2.42. The third kappa shape index (κ3) is 3.71. The van der Waals surface area contributed by atoms with Gasteiger partial charge in [0.25, 0.3) is 5.91 Å². The van der Waals surface area contributed by atoms with Gasteiger partial charge in [-0.25, -0.2) is 4.98 Å². The summed E-state index contributed by atoms with van der Waals surface area (Å²) in [6, 6.07) is 3.42. The summed E-state index contributed by atoms with van der Waals surface area (Å²) in [4.78, 5) is 29.3. The molecule has 0 saturated carbocycles. The van der Waals surface area contributed by atoms with E-state index in [0.29, 0.717) is 25.1 Å². The minimum Gasteiger partial charge on any atom is -0.489 e. The third-order valence-corrected chi connectivity index (χ3v) is 3.39. The Kier molecular flexibility index (Phi) is 4.77. The molecule has 2 rings (SSSR count). The maximum absolute atomic E-state index is 12.6. The number of piperidine rings is 1. The Balaban J connectivity index is 2.18. The molecule has 1 aromatic rings.